The average molecular weight is 855 g/mol. The molecule has 0 atom stereocenters. The number of rotatable bonds is 8. The summed E-state index contributed by atoms with van der Waals surface area (Å²) in [6.45, 7) is 0. The van der Waals surface area contributed by atoms with Crippen LogP contribution in [0.15, 0.2) is 255 Å². The molecule has 0 bridgehead atoms. The molecule has 12 aromatic rings. The number of para-hydroxylation sites is 5. The number of nitrogens with zero attached hydrogens (tertiary/aromatic N) is 4. The van der Waals surface area contributed by atoms with Crippen LogP contribution in [0.4, 0.5) is 17.1 Å². The van der Waals surface area contributed by atoms with Crippen molar-refractivity contribution in [2.45, 2.75) is 5.41 Å². The van der Waals surface area contributed by atoms with Gasteiger partial charge in [0.05, 0.1) is 39.4 Å². The summed E-state index contributed by atoms with van der Waals surface area (Å²) in [5.41, 5.74) is 19.2. The van der Waals surface area contributed by atoms with Crippen molar-refractivity contribution in [1.82, 2.24) is 14.5 Å². The van der Waals surface area contributed by atoms with Crippen LogP contribution < -0.4 is 4.90 Å². The second kappa shape index (κ2) is 15.7. The van der Waals surface area contributed by atoms with E-state index in [1.54, 1.807) is 0 Å². The molecule has 314 valence electrons. The summed E-state index contributed by atoms with van der Waals surface area (Å²) in [6.07, 6.45) is 1.91. The van der Waals surface area contributed by atoms with Gasteiger partial charge in [-0.25, -0.2) is 4.98 Å². The normalized spacial score (nSPS) is 12.6. The zero-order valence-corrected chi connectivity index (χ0v) is 36.5. The predicted molar refractivity (Wildman–Crippen MR) is 277 cm³/mol. The quantitative estimate of drug-likeness (QED) is 0.153. The van der Waals surface area contributed by atoms with E-state index in [-0.39, 0.29) is 0 Å². The highest BCUT2D eigenvalue weighted by molar-refractivity contribution is 6.10. The van der Waals surface area contributed by atoms with Crippen molar-refractivity contribution in [2.75, 3.05) is 4.90 Å². The average Bonchev–Trinajstić information content (AvgIpc) is 3.90. The van der Waals surface area contributed by atoms with Crippen LogP contribution in [-0.4, -0.2) is 14.5 Å². The van der Waals surface area contributed by atoms with E-state index in [0.29, 0.717) is 0 Å². The first-order valence-electron chi connectivity index (χ1n) is 22.9. The largest absolute Gasteiger partial charge is 0.310 e. The van der Waals surface area contributed by atoms with E-state index in [1.165, 1.54) is 49.7 Å². The second-order valence-corrected chi connectivity index (χ2v) is 17.4. The van der Waals surface area contributed by atoms with Crippen LogP contribution in [-0.2, 0) is 5.41 Å². The maximum atomic E-state index is 5.23. The van der Waals surface area contributed by atoms with Gasteiger partial charge in [-0.1, -0.05) is 170 Å². The summed E-state index contributed by atoms with van der Waals surface area (Å²) in [4.78, 5) is 12.6. The Hall–Kier alpha value is -8.86. The molecule has 4 nitrogen and oxygen atoms in total. The molecule has 0 spiro atoms. The number of aromatic nitrogens is 3. The van der Waals surface area contributed by atoms with Crippen LogP contribution in [0.25, 0.3) is 72.0 Å². The monoisotopic (exact) mass is 854 g/mol. The van der Waals surface area contributed by atoms with Gasteiger partial charge in [-0.05, 0) is 123 Å². The van der Waals surface area contributed by atoms with Gasteiger partial charge in [-0.3, -0.25) is 4.98 Å². The Labute approximate surface area is 389 Å². The maximum absolute atomic E-state index is 5.23. The Morgan fingerprint density at radius 2 is 0.985 bits per heavy atom. The lowest BCUT2D eigenvalue weighted by Crippen LogP contribution is -2.28. The minimum atomic E-state index is -0.548. The number of hydrogen-bond donors (Lipinski definition) is 0. The van der Waals surface area contributed by atoms with Gasteiger partial charge in [-0.2, -0.15) is 0 Å². The molecule has 1 aliphatic carbocycles. The molecule has 67 heavy (non-hydrogen) atoms. The molecule has 0 aliphatic heterocycles. The highest BCUT2D eigenvalue weighted by Crippen LogP contribution is 2.57. The molecule has 4 heteroatoms. The molecular weight excluding hydrogens is 813 g/mol. The zero-order valence-electron chi connectivity index (χ0n) is 36.5. The van der Waals surface area contributed by atoms with Crippen molar-refractivity contribution >= 4 is 49.9 Å². The van der Waals surface area contributed by atoms with Gasteiger partial charge < -0.3 is 9.47 Å². The van der Waals surface area contributed by atoms with Gasteiger partial charge in [0, 0.05) is 39.1 Å². The number of anilines is 3. The Morgan fingerprint density at radius 3 is 1.76 bits per heavy atom. The van der Waals surface area contributed by atoms with Gasteiger partial charge in [0.15, 0.2) is 0 Å². The molecule has 2 aromatic heterocycles. The van der Waals surface area contributed by atoms with Crippen LogP contribution in [0.3, 0.4) is 0 Å². The zero-order chi connectivity index (χ0) is 44.3. The lowest BCUT2D eigenvalue weighted by atomic mass is 9.67. The highest BCUT2D eigenvalue weighted by Gasteiger charge is 2.46. The predicted octanol–water partition coefficient (Wildman–Crippen LogP) is 15.9. The van der Waals surface area contributed by atoms with Gasteiger partial charge >= 0.3 is 0 Å². The minimum absolute atomic E-state index is 0.548. The first kappa shape index (κ1) is 38.6. The van der Waals surface area contributed by atoms with E-state index in [9.17, 15) is 0 Å². The Bertz CT molecular complexity index is 3770. The third-order valence-corrected chi connectivity index (χ3v) is 13.7. The summed E-state index contributed by atoms with van der Waals surface area (Å²) in [6, 6.07) is 90.1. The van der Waals surface area contributed by atoms with Crippen LogP contribution >= 0.6 is 0 Å². The van der Waals surface area contributed by atoms with E-state index < -0.39 is 5.41 Å². The third kappa shape index (κ3) is 6.22. The summed E-state index contributed by atoms with van der Waals surface area (Å²) in [5, 5.41) is 2.44. The Morgan fingerprint density at radius 1 is 0.373 bits per heavy atom. The molecule has 2 heterocycles. The molecule has 10 aromatic carbocycles. The van der Waals surface area contributed by atoms with Crippen molar-refractivity contribution in [3.8, 4) is 39.2 Å². The van der Waals surface area contributed by atoms with Gasteiger partial charge in [0.25, 0.3) is 0 Å². The standard InChI is InChI=1S/C63H42N4/c1-5-19-46(20-6-1)63(47-21-7-2-8-22-47)56-29-15-13-27-52(56)53-36-34-50(41-57(53)63)66(48-23-9-3-10-24-48)51-38-44(37-45(39-51)60-42-64-58-30-16-17-31-59(58)65-60)43-33-35-55-54-28-14-18-32-61(54)67(62(55)40-43)49-25-11-4-12-26-49/h1-42H. The third-order valence-electron chi connectivity index (χ3n) is 13.7. The lowest BCUT2D eigenvalue weighted by molar-refractivity contribution is 0.768. The van der Waals surface area contributed by atoms with Crippen molar-refractivity contribution in [3.63, 3.8) is 0 Å². The number of benzene rings is 10. The number of hydrogen-bond acceptors (Lipinski definition) is 3. The van der Waals surface area contributed by atoms with E-state index >= 15 is 0 Å². The fraction of sp³-hybridized carbons (Fsp3) is 0.0159. The molecule has 13 rings (SSSR count). The first-order valence-corrected chi connectivity index (χ1v) is 22.9. The molecule has 0 N–H and O–H groups in total. The second-order valence-electron chi connectivity index (χ2n) is 17.4. The van der Waals surface area contributed by atoms with Gasteiger partial charge in [0.2, 0.25) is 0 Å². The summed E-state index contributed by atoms with van der Waals surface area (Å²) in [7, 11) is 0. The molecule has 0 fully saturated rings. The summed E-state index contributed by atoms with van der Waals surface area (Å²) >= 11 is 0. The summed E-state index contributed by atoms with van der Waals surface area (Å²) in [5.74, 6) is 0. The molecular formula is C63H42N4. The molecule has 0 amide bonds. The SMILES string of the molecule is c1ccc(N(c2cc(-c3ccc4c5ccccc5n(-c5ccccc5)c4c3)cc(-c3cnc4ccccc4n3)c2)c2ccc3c(c2)C(c2ccccc2)(c2ccccc2)c2ccccc2-3)cc1. The Balaban J connectivity index is 1.07. The molecule has 0 saturated carbocycles. The van der Waals surface area contributed by atoms with Crippen LogP contribution in [0, 0.1) is 0 Å². The smallest absolute Gasteiger partial charge is 0.0894 e. The fourth-order valence-electron chi connectivity index (χ4n) is 10.8. The maximum Gasteiger partial charge on any atom is 0.0894 e. The van der Waals surface area contributed by atoms with Crippen LogP contribution in [0.2, 0.25) is 0 Å². The lowest BCUT2D eigenvalue weighted by Gasteiger charge is -2.35. The molecule has 0 saturated heterocycles. The molecule has 0 unspecified atom stereocenters. The van der Waals surface area contributed by atoms with E-state index in [4.69, 9.17) is 9.97 Å². The first-order chi connectivity index (χ1) is 33.2. The molecule has 0 radical (unpaired) electrons. The summed E-state index contributed by atoms with van der Waals surface area (Å²) < 4.78 is 2.39. The fourth-order valence-corrected chi connectivity index (χ4v) is 10.8. The topological polar surface area (TPSA) is 34.0 Å². The van der Waals surface area contributed by atoms with E-state index in [1.807, 2.05) is 30.5 Å². The van der Waals surface area contributed by atoms with Crippen LogP contribution in [0.5, 0.6) is 0 Å². The number of fused-ring (bicyclic) bond motifs is 7. The van der Waals surface area contributed by atoms with Crippen molar-refractivity contribution in [3.05, 3.63) is 277 Å². The van der Waals surface area contributed by atoms with Crippen molar-refractivity contribution < 1.29 is 0 Å². The van der Waals surface area contributed by atoms with E-state index in [0.717, 1.165) is 61.7 Å². The van der Waals surface area contributed by atoms with Crippen LogP contribution in [0.1, 0.15) is 22.3 Å². The van der Waals surface area contributed by atoms with Gasteiger partial charge in [0.1, 0.15) is 0 Å². The molecule has 1 aliphatic rings. The van der Waals surface area contributed by atoms with E-state index in [2.05, 4.69) is 234 Å². The Kier molecular flexibility index (Phi) is 9.04. The van der Waals surface area contributed by atoms with Crippen molar-refractivity contribution in [1.29, 1.82) is 0 Å². The minimum Gasteiger partial charge on any atom is -0.310 e. The van der Waals surface area contributed by atoms with Gasteiger partial charge in [-0.15, -0.1) is 0 Å². The highest BCUT2D eigenvalue weighted by atomic mass is 15.1. The van der Waals surface area contributed by atoms with Crippen molar-refractivity contribution in [2.24, 2.45) is 0 Å².